The average molecular weight is 215 g/mol. The van der Waals surface area contributed by atoms with E-state index >= 15 is 0 Å². The first-order valence-corrected chi connectivity index (χ1v) is 5.62. The van der Waals surface area contributed by atoms with Gasteiger partial charge in [-0.15, -0.1) is 0 Å². The van der Waals surface area contributed by atoms with Gasteiger partial charge in [0.15, 0.2) is 0 Å². The van der Waals surface area contributed by atoms with Crippen molar-refractivity contribution in [3.8, 4) is 0 Å². The van der Waals surface area contributed by atoms with Crippen LogP contribution in [0.3, 0.4) is 0 Å². The molecule has 15 heavy (non-hydrogen) atoms. The Morgan fingerprint density at radius 3 is 2.60 bits per heavy atom. The summed E-state index contributed by atoms with van der Waals surface area (Å²) in [6.45, 7) is 0.939. The van der Waals surface area contributed by atoms with Crippen molar-refractivity contribution < 1.29 is 9.90 Å². The van der Waals surface area contributed by atoms with E-state index in [-0.39, 0.29) is 12.5 Å². The fourth-order valence-corrected chi connectivity index (χ4v) is 2.20. The van der Waals surface area contributed by atoms with Gasteiger partial charge in [-0.3, -0.25) is 15.1 Å². The molecule has 0 radical (unpaired) electrons. The number of aliphatic hydroxyl groups is 1. The number of hydrogen-bond donors (Lipinski definition) is 3. The number of amides is 1. The molecule has 5 heteroatoms. The van der Waals surface area contributed by atoms with Gasteiger partial charge in [-0.25, -0.2) is 5.84 Å². The number of hydrogen-bond acceptors (Lipinski definition) is 4. The first-order valence-electron chi connectivity index (χ1n) is 5.62. The van der Waals surface area contributed by atoms with E-state index in [1.165, 1.54) is 19.3 Å². The molecule has 0 saturated heterocycles. The Balaban J connectivity index is 2.43. The van der Waals surface area contributed by atoms with Crippen molar-refractivity contribution in [3.63, 3.8) is 0 Å². The fourth-order valence-electron chi connectivity index (χ4n) is 2.20. The number of rotatable bonds is 5. The molecular weight excluding hydrogens is 194 g/mol. The zero-order valence-corrected chi connectivity index (χ0v) is 9.11. The molecule has 1 aliphatic carbocycles. The summed E-state index contributed by atoms with van der Waals surface area (Å²) in [6, 6.07) is 0.434. The zero-order chi connectivity index (χ0) is 11.1. The van der Waals surface area contributed by atoms with Crippen LogP contribution in [-0.4, -0.2) is 41.7 Å². The molecule has 0 spiro atoms. The van der Waals surface area contributed by atoms with Gasteiger partial charge in [0, 0.05) is 12.6 Å². The highest BCUT2D eigenvalue weighted by atomic mass is 16.3. The molecule has 1 aliphatic rings. The Labute approximate surface area is 90.6 Å². The fraction of sp³-hybridized carbons (Fsp3) is 0.900. The average Bonchev–Trinajstić information content (AvgIpc) is 2.29. The topological polar surface area (TPSA) is 78.6 Å². The van der Waals surface area contributed by atoms with E-state index in [1.54, 1.807) is 0 Å². The van der Waals surface area contributed by atoms with Gasteiger partial charge in [0.25, 0.3) is 0 Å². The third-order valence-electron chi connectivity index (χ3n) is 2.99. The maximum Gasteiger partial charge on any atom is 0.248 e. The highest BCUT2D eigenvalue weighted by Crippen LogP contribution is 2.22. The first-order chi connectivity index (χ1) is 7.27. The number of nitrogens with one attached hydrogen (secondary N) is 1. The highest BCUT2D eigenvalue weighted by Gasteiger charge is 2.22. The van der Waals surface area contributed by atoms with Gasteiger partial charge in [0.05, 0.1) is 13.2 Å². The summed E-state index contributed by atoms with van der Waals surface area (Å²) in [5.74, 6) is 4.87. The number of carbonyl (C=O) groups is 1. The Kier molecular flexibility index (Phi) is 5.60. The second-order valence-corrected chi connectivity index (χ2v) is 4.05. The molecule has 1 amide bonds. The Bertz CT molecular complexity index is 193. The smallest absolute Gasteiger partial charge is 0.248 e. The largest absolute Gasteiger partial charge is 0.395 e. The number of aliphatic hydroxyl groups excluding tert-OH is 1. The van der Waals surface area contributed by atoms with E-state index in [4.69, 9.17) is 10.9 Å². The van der Waals surface area contributed by atoms with Crippen LogP contribution in [0.4, 0.5) is 0 Å². The third kappa shape index (κ3) is 4.15. The molecule has 88 valence electrons. The molecule has 0 unspecified atom stereocenters. The molecular formula is C10H21N3O2. The van der Waals surface area contributed by atoms with Crippen LogP contribution >= 0.6 is 0 Å². The Hall–Kier alpha value is -0.650. The molecule has 0 bridgehead atoms. The molecule has 1 rings (SSSR count). The monoisotopic (exact) mass is 215 g/mol. The predicted molar refractivity (Wildman–Crippen MR) is 57.9 cm³/mol. The van der Waals surface area contributed by atoms with Crippen LogP contribution in [-0.2, 0) is 4.79 Å². The zero-order valence-electron chi connectivity index (χ0n) is 9.11. The molecule has 0 aliphatic heterocycles. The minimum Gasteiger partial charge on any atom is -0.395 e. The van der Waals surface area contributed by atoms with Crippen molar-refractivity contribution in [1.29, 1.82) is 0 Å². The summed E-state index contributed by atoms with van der Waals surface area (Å²) in [6.07, 6.45) is 5.97. The van der Waals surface area contributed by atoms with E-state index < -0.39 is 0 Å². The van der Waals surface area contributed by atoms with Gasteiger partial charge in [0.1, 0.15) is 0 Å². The maximum absolute atomic E-state index is 11.2. The lowest BCUT2D eigenvalue weighted by Crippen LogP contribution is -2.46. The number of hydrazine groups is 1. The van der Waals surface area contributed by atoms with Gasteiger partial charge < -0.3 is 5.11 Å². The van der Waals surface area contributed by atoms with Gasteiger partial charge in [-0.1, -0.05) is 19.3 Å². The van der Waals surface area contributed by atoms with E-state index in [0.29, 0.717) is 19.1 Å². The number of nitrogens with zero attached hydrogens (tertiary/aromatic N) is 1. The summed E-state index contributed by atoms with van der Waals surface area (Å²) >= 11 is 0. The first kappa shape index (κ1) is 12.4. The van der Waals surface area contributed by atoms with E-state index in [0.717, 1.165) is 12.8 Å². The predicted octanol–water partition coefficient (Wildman–Crippen LogP) is -0.397. The number of nitrogens with two attached hydrogens (primary N) is 1. The van der Waals surface area contributed by atoms with Gasteiger partial charge >= 0.3 is 0 Å². The molecule has 0 atom stereocenters. The lowest BCUT2D eigenvalue weighted by molar-refractivity contribution is -0.123. The second kappa shape index (κ2) is 6.76. The summed E-state index contributed by atoms with van der Waals surface area (Å²) in [5.41, 5.74) is 2.13. The maximum atomic E-state index is 11.2. The quantitative estimate of drug-likeness (QED) is 0.331. The molecule has 1 saturated carbocycles. The lowest BCUT2D eigenvalue weighted by atomic mass is 9.94. The van der Waals surface area contributed by atoms with Crippen molar-refractivity contribution in [2.24, 2.45) is 5.84 Å². The van der Waals surface area contributed by atoms with Gasteiger partial charge in [-0.05, 0) is 12.8 Å². The second-order valence-electron chi connectivity index (χ2n) is 4.05. The van der Waals surface area contributed by atoms with Crippen LogP contribution < -0.4 is 11.3 Å². The van der Waals surface area contributed by atoms with Crippen LogP contribution in [0.1, 0.15) is 32.1 Å². The molecule has 0 aromatic rings. The highest BCUT2D eigenvalue weighted by molar-refractivity contribution is 5.77. The van der Waals surface area contributed by atoms with E-state index in [9.17, 15) is 4.79 Å². The van der Waals surface area contributed by atoms with Crippen molar-refractivity contribution in [3.05, 3.63) is 0 Å². The van der Waals surface area contributed by atoms with Crippen molar-refractivity contribution in [1.82, 2.24) is 10.3 Å². The molecule has 4 N–H and O–H groups in total. The SMILES string of the molecule is NNC(=O)CN(CCO)C1CCCCC1. The van der Waals surface area contributed by atoms with Crippen LogP contribution in [0, 0.1) is 0 Å². The lowest BCUT2D eigenvalue weighted by Gasteiger charge is -2.33. The molecule has 0 heterocycles. The third-order valence-corrected chi connectivity index (χ3v) is 2.99. The minimum atomic E-state index is -0.186. The van der Waals surface area contributed by atoms with Gasteiger partial charge in [-0.2, -0.15) is 0 Å². The van der Waals surface area contributed by atoms with Crippen LogP contribution in [0.2, 0.25) is 0 Å². The van der Waals surface area contributed by atoms with Crippen LogP contribution in [0.25, 0.3) is 0 Å². The van der Waals surface area contributed by atoms with Crippen LogP contribution in [0.15, 0.2) is 0 Å². The van der Waals surface area contributed by atoms with Crippen molar-refractivity contribution in [2.75, 3.05) is 19.7 Å². The number of carbonyl (C=O) groups excluding carboxylic acids is 1. The van der Waals surface area contributed by atoms with Gasteiger partial charge in [0.2, 0.25) is 5.91 Å². The molecule has 0 aromatic heterocycles. The standard InChI is InChI=1S/C10H21N3O2/c11-12-10(15)8-13(6-7-14)9-4-2-1-3-5-9/h9,14H,1-8,11H2,(H,12,15). The Morgan fingerprint density at radius 1 is 1.40 bits per heavy atom. The Morgan fingerprint density at radius 2 is 2.07 bits per heavy atom. The van der Waals surface area contributed by atoms with Crippen molar-refractivity contribution >= 4 is 5.91 Å². The summed E-state index contributed by atoms with van der Waals surface area (Å²) in [4.78, 5) is 13.2. The molecule has 0 aromatic carbocycles. The molecule has 1 fully saturated rings. The summed E-state index contributed by atoms with van der Waals surface area (Å²) in [5, 5.41) is 8.95. The van der Waals surface area contributed by atoms with Crippen LogP contribution in [0.5, 0.6) is 0 Å². The minimum absolute atomic E-state index is 0.0916. The summed E-state index contributed by atoms with van der Waals surface area (Å²) in [7, 11) is 0. The molecule has 5 nitrogen and oxygen atoms in total. The summed E-state index contributed by atoms with van der Waals surface area (Å²) < 4.78 is 0. The normalized spacial score (nSPS) is 18.1. The van der Waals surface area contributed by atoms with E-state index in [1.807, 2.05) is 4.90 Å². The van der Waals surface area contributed by atoms with Crippen molar-refractivity contribution in [2.45, 2.75) is 38.1 Å². The van der Waals surface area contributed by atoms with E-state index in [2.05, 4.69) is 5.43 Å².